The van der Waals surface area contributed by atoms with Crippen LogP contribution in [0.4, 0.5) is 0 Å². The monoisotopic (exact) mass is 974 g/mol. The number of rotatable bonds is 52. The molecule has 0 aliphatic heterocycles. The van der Waals surface area contributed by atoms with Gasteiger partial charge in [0.25, 0.3) is 0 Å². The summed E-state index contributed by atoms with van der Waals surface area (Å²) >= 11 is 0. The Balaban J connectivity index is 4.69. The third kappa shape index (κ3) is 51.1. The van der Waals surface area contributed by atoms with E-state index in [4.69, 9.17) is 4.74 Å². The summed E-state index contributed by atoms with van der Waals surface area (Å²) < 4.78 is 5.94. The summed E-state index contributed by atoms with van der Waals surface area (Å²) in [5, 5.41) is 23.9. The van der Waals surface area contributed by atoms with Gasteiger partial charge >= 0.3 is 5.97 Å². The number of carbonyl (C=O) groups is 2. The fraction of sp³-hybridized carbons (Fsp3) is 0.719. The molecular weight excluding hydrogens is 863 g/mol. The number of unbranched alkanes of at least 4 members (excludes halogenated alkanes) is 24. The molecule has 0 fully saturated rings. The third-order valence-electron chi connectivity index (χ3n) is 12.9. The van der Waals surface area contributed by atoms with E-state index >= 15 is 0 Å². The zero-order valence-corrected chi connectivity index (χ0v) is 45.9. The minimum absolute atomic E-state index is 0.0445. The van der Waals surface area contributed by atoms with Gasteiger partial charge in [-0.05, 0) is 109 Å². The van der Waals surface area contributed by atoms with Crippen molar-refractivity contribution in [2.24, 2.45) is 0 Å². The molecular formula is C64H111NO5. The van der Waals surface area contributed by atoms with Gasteiger partial charge in [0.15, 0.2) is 0 Å². The van der Waals surface area contributed by atoms with Gasteiger partial charge in [-0.2, -0.15) is 0 Å². The van der Waals surface area contributed by atoms with E-state index in [1.54, 1.807) is 0 Å². The molecule has 0 heterocycles. The van der Waals surface area contributed by atoms with Gasteiger partial charge < -0.3 is 20.3 Å². The summed E-state index contributed by atoms with van der Waals surface area (Å²) in [5.41, 5.74) is 0. The SMILES string of the molecule is CC/C=C\C/C=C\C/C=C\C/C=C\C/C=C\CCCCCC(=O)OC(CCCCCC/C=C\C/C=C\C/C=C\CCCCC)CC(=O)NC(CO)C(O)CCCCCCCCCCCCCCCCC. The van der Waals surface area contributed by atoms with Crippen LogP contribution in [0.25, 0.3) is 0 Å². The van der Waals surface area contributed by atoms with Crippen molar-refractivity contribution >= 4 is 11.9 Å². The molecule has 0 aromatic heterocycles. The van der Waals surface area contributed by atoms with E-state index < -0.39 is 18.2 Å². The van der Waals surface area contributed by atoms with Gasteiger partial charge in [0.1, 0.15) is 6.10 Å². The molecule has 70 heavy (non-hydrogen) atoms. The largest absolute Gasteiger partial charge is 0.462 e. The second-order valence-electron chi connectivity index (χ2n) is 19.7. The topological polar surface area (TPSA) is 95.9 Å². The Hall–Kier alpha value is -3.22. The predicted octanol–water partition coefficient (Wildman–Crippen LogP) is 18.5. The Morgan fingerprint density at radius 3 is 1.20 bits per heavy atom. The highest BCUT2D eigenvalue weighted by molar-refractivity contribution is 5.77. The van der Waals surface area contributed by atoms with Crippen molar-refractivity contribution in [2.75, 3.05) is 6.61 Å². The number of aliphatic hydroxyl groups excluding tert-OH is 2. The van der Waals surface area contributed by atoms with E-state index in [-0.39, 0.29) is 24.9 Å². The Labute approximate surface area is 433 Å². The first-order valence-corrected chi connectivity index (χ1v) is 29.5. The lowest BCUT2D eigenvalue weighted by Crippen LogP contribution is -2.46. The van der Waals surface area contributed by atoms with Crippen LogP contribution in [0.15, 0.2) is 97.2 Å². The fourth-order valence-electron chi connectivity index (χ4n) is 8.46. The maximum Gasteiger partial charge on any atom is 0.306 e. The van der Waals surface area contributed by atoms with E-state index in [9.17, 15) is 19.8 Å². The molecule has 3 unspecified atom stereocenters. The van der Waals surface area contributed by atoms with Gasteiger partial charge in [0.05, 0.1) is 25.2 Å². The van der Waals surface area contributed by atoms with Crippen LogP contribution in [0.5, 0.6) is 0 Å². The van der Waals surface area contributed by atoms with Gasteiger partial charge in [-0.15, -0.1) is 0 Å². The molecule has 0 saturated heterocycles. The molecule has 0 aromatic rings. The third-order valence-corrected chi connectivity index (χ3v) is 12.9. The molecule has 0 radical (unpaired) electrons. The summed E-state index contributed by atoms with van der Waals surface area (Å²) in [4.78, 5) is 26.3. The summed E-state index contributed by atoms with van der Waals surface area (Å²) in [6.07, 6.45) is 76.1. The van der Waals surface area contributed by atoms with Crippen molar-refractivity contribution in [1.29, 1.82) is 0 Å². The Morgan fingerprint density at radius 2 is 0.771 bits per heavy atom. The molecule has 0 aromatic carbocycles. The van der Waals surface area contributed by atoms with Crippen LogP contribution in [0, 0.1) is 0 Å². The first kappa shape index (κ1) is 66.8. The highest BCUT2D eigenvalue weighted by atomic mass is 16.5. The molecule has 0 saturated carbocycles. The van der Waals surface area contributed by atoms with E-state index in [0.717, 1.165) is 122 Å². The van der Waals surface area contributed by atoms with Crippen molar-refractivity contribution in [3.8, 4) is 0 Å². The molecule has 3 atom stereocenters. The summed E-state index contributed by atoms with van der Waals surface area (Å²) in [6, 6.07) is -0.723. The molecule has 0 spiro atoms. The second kappa shape index (κ2) is 56.7. The molecule has 0 rings (SSSR count). The van der Waals surface area contributed by atoms with E-state index in [2.05, 4.69) is 123 Å². The Bertz CT molecular complexity index is 1370. The van der Waals surface area contributed by atoms with Crippen LogP contribution >= 0.6 is 0 Å². The van der Waals surface area contributed by atoms with Gasteiger partial charge in [-0.25, -0.2) is 0 Å². The van der Waals surface area contributed by atoms with Crippen LogP contribution in [0.3, 0.4) is 0 Å². The van der Waals surface area contributed by atoms with Crippen molar-refractivity contribution < 1.29 is 24.5 Å². The van der Waals surface area contributed by atoms with Crippen LogP contribution in [-0.4, -0.2) is 46.9 Å². The maximum atomic E-state index is 13.3. The number of allylic oxidation sites excluding steroid dienone is 16. The van der Waals surface area contributed by atoms with Gasteiger partial charge in [-0.3, -0.25) is 9.59 Å². The number of nitrogens with one attached hydrogen (secondary N) is 1. The first-order valence-electron chi connectivity index (χ1n) is 29.5. The van der Waals surface area contributed by atoms with E-state index in [0.29, 0.717) is 19.3 Å². The lowest BCUT2D eigenvalue weighted by Gasteiger charge is -2.24. The van der Waals surface area contributed by atoms with Gasteiger partial charge in [-0.1, -0.05) is 246 Å². The molecule has 0 aliphatic carbocycles. The predicted molar refractivity (Wildman–Crippen MR) is 305 cm³/mol. The number of amides is 1. The number of hydrogen-bond donors (Lipinski definition) is 3. The fourth-order valence-corrected chi connectivity index (χ4v) is 8.46. The molecule has 1 amide bonds. The molecule has 6 heteroatoms. The highest BCUT2D eigenvalue weighted by Gasteiger charge is 2.24. The number of esters is 1. The Morgan fingerprint density at radius 1 is 0.429 bits per heavy atom. The molecule has 402 valence electrons. The maximum absolute atomic E-state index is 13.3. The van der Waals surface area contributed by atoms with Crippen LogP contribution in [0.2, 0.25) is 0 Å². The van der Waals surface area contributed by atoms with Crippen molar-refractivity contribution in [3.05, 3.63) is 97.2 Å². The van der Waals surface area contributed by atoms with Crippen LogP contribution < -0.4 is 5.32 Å². The van der Waals surface area contributed by atoms with Gasteiger partial charge in [0, 0.05) is 6.42 Å². The van der Waals surface area contributed by atoms with Gasteiger partial charge in [0.2, 0.25) is 5.91 Å². The Kier molecular flexibility index (Phi) is 54.1. The first-order chi connectivity index (χ1) is 34.5. The quantitative estimate of drug-likeness (QED) is 0.0321. The normalized spacial score (nSPS) is 13.8. The smallest absolute Gasteiger partial charge is 0.306 e. The summed E-state index contributed by atoms with van der Waals surface area (Å²) in [7, 11) is 0. The zero-order valence-electron chi connectivity index (χ0n) is 45.9. The molecule has 3 N–H and O–H groups in total. The number of hydrogen-bond acceptors (Lipinski definition) is 5. The minimum Gasteiger partial charge on any atom is -0.462 e. The number of ether oxygens (including phenoxy) is 1. The lowest BCUT2D eigenvalue weighted by atomic mass is 10.0. The molecule has 6 nitrogen and oxygen atoms in total. The number of carbonyl (C=O) groups excluding carboxylic acids is 2. The van der Waals surface area contributed by atoms with Crippen LogP contribution in [0.1, 0.15) is 271 Å². The molecule has 0 aliphatic rings. The minimum atomic E-state index is -0.807. The second-order valence-corrected chi connectivity index (χ2v) is 19.7. The number of aliphatic hydroxyl groups is 2. The van der Waals surface area contributed by atoms with E-state index in [1.807, 2.05) is 0 Å². The summed E-state index contributed by atoms with van der Waals surface area (Å²) in [5.74, 6) is -0.534. The van der Waals surface area contributed by atoms with E-state index in [1.165, 1.54) is 103 Å². The van der Waals surface area contributed by atoms with Crippen molar-refractivity contribution in [3.63, 3.8) is 0 Å². The zero-order chi connectivity index (χ0) is 50.9. The average Bonchev–Trinajstić information content (AvgIpc) is 3.35. The van der Waals surface area contributed by atoms with Crippen molar-refractivity contribution in [1.82, 2.24) is 5.32 Å². The van der Waals surface area contributed by atoms with Crippen LogP contribution in [-0.2, 0) is 14.3 Å². The standard InChI is InChI=1S/C64H111NO5/c1-4-7-10-13-16-19-22-25-28-30-31-33-36-39-42-45-48-51-54-57-64(69)70-60(55-52-49-46-43-40-37-35-32-29-26-23-20-17-14-11-8-5-2)58-63(68)65-61(59-66)62(67)56-53-50-47-44-41-38-34-27-24-21-18-15-12-9-6-3/h7,10,16-17,19-20,25-26,28-29,31,33,35,37,39,42,60-62,66-67H,4-6,8-9,11-15,18,21-24,27,30,32,34,36,38,40-41,43-59H2,1-3H3,(H,65,68)/b10-7-,19-16-,20-17-,28-25-,29-26-,33-31-,37-35-,42-39-. The van der Waals surface area contributed by atoms with Crippen molar-refractivity contribution in [2.45, 2.75) is 289 Å². The highest BCUT2D eigenvalue weighted by Crippen LogP contribution is 2.18. The summed E-state index contributed by atoms with van der Waals surface area (Å²) in [6.45, 7) is 6.35. The average molecular weight is 975 g/mol. The lowest BCUT2D eigenvalue weighted by molar-refractivity contribution is -0.151. The molecule has 0 bridgehead atoms.